The van der Waals surface area contributed by atoms with Gasteiger partial charge < -0.3 is 9.52 Å². The summed E-state index contributed by atoms with van der Waals surface area (Å²) >= 11 is 0. The van der Waals surface area contributed by atoms with Gasteiger partial charge in [-0.3, -0.25) is 9.71 Å². The molecule has 0 saturated carbocycles. The molecule has 108 valence electrons. The zero-order chi connectivity index (χ0) is 14.9. The topological polar surface area (TPSA) is 92.4 Å². The molecule has 0 unspecified atom stereocenters. The number of hydrogen-bond acceptors (Lipinski definition) is 5. The van der Waals surface area contributed by atoms with E-state index in [9.17, 15) is 13.5 Å². The molecule has 2 aromatic rings. The summed E-state index contributed by atoms with van der Waals surface area (Å²) in [5.74, 6) is 0.655. The molecular formula is C13H16N2O4S. The van der Waals surface area contributed by atoms with Crippen LogP contribution in [0.4, 0.5) is 5.69 Å². The molecule has 20 heavy (non-hydrogen) atoms. The lowest BCUT2D eigenvalue weighted by atomic mass is 10.2. The number of aromatic nitrogens is 1. The number of aliphatic hydroxyl groups excluding tert-OH is 1. The predicted octanol–water partition coefficient (Wildman–Crippen LogP) is 1.89. The van der Waals surface area contributed by atoms with Crippen molar-refractivity contribution in [1.29, 1.82) is 0 Å². The molecule has 0 radical (unpaired) electrons. The highest BCUT2D eigenvalue weighted by Crippen LogP contribution is 2.28. The van der Waals surface area contributed by atoms with Crippen molar-refractivity contribution in [2.75, 3.05) is 4.72 Å². The molecule has 0 aliphatic rings. The quantitative estimate of drug-likeness (QED) is 0.899. The smallest absolute Gasteiger partial charge is 0.265 e. The average molecular weight is 296 g/mol. The van der Waals surface area contributed by atoms with Gasteiger partial charge in [0.25, 0.3) is 10.0 Å². The number of hydrogen-bond donors (Lipinski definition) is 2. The molecule has 2 aromatic heterocycles. The highest BCUT2D eigenvalue weighted by atomic mass is 32.2. The summed E-state index contributed by atoms with van der Waals surface area (Å²) in [5.41, 5.74) is 1.43. The van der Waals surface area contributed by atoms with E-state index in [0.717, 1.165) is 0 Å². The van der Waals surface area contributed by atoms with E-state index in [1.807, 2.05) is 0 Å². The third-order valence-corrected chi connectivity index (χ3v) is 4.58. The predicted molar refractivity (Wildman–Crippen MR) is 73.9 cm³/mol. The van der Waals surface area contributed by atoms with E-state index in [1.165, 1.54) is 6.20 Å². The molecule has 2 rings (SSSR count). The SMILES string of the molecule is Cc1cnccc1NS(=O)(=O)c1c(C)oc(C)c1CO. The van der Waals surface area contributed by atoms with Crippen LogP contribution in [-0.2, 0) is 16.6 Å². The van der Waals surface area contributed by atoms with Crippen molar-refractivity contribution >= 4 is 15.7 Å². The molecule has 0 spiro atoms. The molecule has 6 nitrogen and oxygen atoms in total. The molecule has 2 N–H and O–H groups in total. The van der Waals surface area contributed by atoms with Gasteiger partial charge in [0, 0.05) is 18.0 Å². The summed E-state index contributed by atoms with van der Waals surface area (Å²) in [6.45, 7) is 4.54. The number of sulfonamides is 1. The summed E-state index contributed by atoms with van der Waals surface area (Å²) in [5, 5.41) is 9.33. The number of nitrogens with zero attached hydrogens (tertiary/aromatic N) is 1. The van der Waals surface area contributed by atoms with Gasteiger partial charge in [0.05, 0.1) is 12.3 Å². The molecule has 0 atom stereocenters. The molecule has 0 aliphatic heterocycles. The van der Waals surface area contributed by atoms with E-state index in [1.54, 1.807) is 33.0 Å². The van der Waals surface area contributed by atoms with Gasteiger partial charge in [-0.25, -0.2) is 8.42 Å². The Labute approximate surface area is 117 Å². The minimum absolute atomic E-state index is 0.00582. The first kappa shape index (κ1) is 14.5. The van der Waals surface area contributed by atoms with Crippen LogP contribution in [-0.4, -0.2) is 18.5 Å². The highest BCUT2D eigenvalue weighted by Gasteiger charge is 2.26. The van der Waals surface area contributed by atoms with Gasteiger partial charge in [-0.1, -0.05) is 0 Å². The van der Waals surface area contributed by atoms with Crippen LogP contribution in [0.3, 0.4) is 0 Å². The first-order valence-corrected chi connectivity index (χ1v) is 7.48. The van der Waals surface area contributed by atoms with Gasteiger partial charge in [0.1, 0.15) is 16.4 Å². The van der Waals surface area contributed by atoms with Crippen molar-refractivity contribution in [2.45, 2.75) is 32.3 Å². The molecule has 7 heteroatoms. The Bertz CT molecular complexity index is 735. The fourth-order valence-corrected chi connectivity index (χ4v) is 3.60. The largest absolute Gasteiger partial charge is 0.465 e. The van der Waals surface area contributed by atoms with Crippen LogP contribution in [0, 0.1) is 20.8 Å². The fraction of sp³-hybridized carbons (Fsp3) is 0.308. The summed E-state index contributed by atoms with van der Waals surface area (Å²) in [6, 6.07) is 1.58. The Morgan fingerprint density at radius 3 is 2.60 bits per heavy atom. The summed E-state index contributed by atoms with van der Waals surface area (Å²) in [6.07, 6.45) is 3.07. The highest BCUT2D eigenvalue weighted by molar-refractivity contribution is 7.92. The summed E-state index contributed by atoms with van der Waals surface area (Å²) in [4.78, 5) is 3.90. The van der Waals surface area contributed by atoms with Gasteiger partial charge in [-0.15, -0.1) is 0 Å². The van der Waals surface area contributed by atoms with Crippen LogP contribution < -0.4 is 4.72 Å². The second-order valence-corrected chi connectivity index (χ2v) is 6.10. The average Bonchev–Trinajstić information content (AvgIpc) is 2.67. The third kappa shape index (κ3) is 2.54. The van der Waals surface area contributed by atoms with Gasteiger partial charge in [-0.2, -0.15) is 0 Å². The van der Waals surface area contributed by atoms with E-state index in [-0.39, 0.29) is 16.2 Å². The van der Waals surface area contributed by atoms with Crippen LogP contribution in [0.5, 0.6) is 0 Å². The zero-order valence-corrected chi connectivity index (χ0v) is 12.3. The number of anilines is 1. The molecular weight excluding hydrogens is 280 g/mol. The van der Waals surface area contributed by atoms with Crippen molar-refractivity contribution in [3.8, 4) is 0 Å². The van der Waals surface area contributed by atoms with E-state index >= 15 is 0 Å². The molecule has 0 fully saturated rings. The minimum atomic E-state index is -3.82. The summed E-state index contributed by atoms with van der Waals surface area (Å²) in [7, 11) is -3.82. The number of furan rings is 1. The van der Waals surface area contributed by atoms with Crippen molar-refractivity contribution in [3.05, 3.63) is 41.1 Å². The van der Waals surface area contributed by atoms with Crippen molar-refractivity contribution in [2.24, 2.45) is 0 Å². The molecule has 0 aliphatic carbocycles. The molecule has 2 heterocycles. The number of rotatable bonds is 4. The molecule has 0 aromatic carbocycles. The second kappa shape index (κ2) is 5.26. The standard InChI is InChI=1S/C13H16N2O4S/c1-8-6-14-5-4-12(8)15-20(17,18)13-10(3)19-9(2)11(13)7-16/h4-6,16H,7H2,1-3H3,(H,14,15). The minimum Gasteiger partial charge on any atom is -0.465 e. The van der Waals surface area contributed by atoms with E-state index in [2.05, 4.69) is 9.71 Å². The van der Waals surface area contributed by atoms with Gasteiger partial charge in [-0.05, 0) is 32.4 Å². The van der Waals surface area contributed by atoms with Crippen LogP contribution in [0.25, 0.3) is 0 Å². The zero-order valence-electron chi connectivity index (χ0n) is 11.5. The van der Waals surface area contributed by atoms with Crippen molar-refractivity contribution < 1.29 is 17.9 Å². The Morgan fingerprint density at radius 1 is 1.30 bits per heavy atom. The van der Waals surface area contributed by atoms with Crippen LogP contribution in [0.15, 0.2) is 27.8 Å². The summed E-state index contributed by atoms with van der Waals surface area (Å²) < 4.78 is 32.7. The number of pyridine rings is 1. The van der Waals surface area contributed by atoms with Crippen molar-refractivity contribution in [3.63, 3.8) is 0 Å². The number of nitrogens with one attached hydrogen (secondary N) is 1. The number of aryl methyl sites for hydroxylation is 3. The lowest BCUT2D eigenvalue weighted by Crippen LogP contribution is -2.16. The Kier molecular flexibility index (Phi) is 3.82. The monoisotopic (exact) mass is 296 g/mol. The van der Waals surface area contributed by atoms with Crippen LogP contribution >= 0.6 is 0 Å². The fourth-order valence-electron chi connectivity index (χ4n) is 2.03. The Morgan fingerprint density at radius 2 is 2.00 bits per heavy atom. The first-order valence-electron chi connectivity index (χ1n) is 6.00. The van der Waals surface area contributed by atoms with Crippen LogP contribution in [0.2, 0.25) is 0 Å². The van der Waals surface area contributed by atoms with Crippen LogP contribution in [0.1, 0.15) is 22.6 Å². The van der Waals surface area contributed by atoms with E-state index in [0.29, 0.717) is 17.0 Å². The Balaban J connectivity index is 2.49. The lowest BCUT2D eigenvalue weighted by Gasteiger charge is -2.10. The first-order chi connectivity index (χ1) is 9.36. The Hall–Kier alpha value is -1.86. The maximum Gasteiger partial charge on any atom is 0.265 e. The maximum atomic E-state index is 12.5. The lowest BCUT2D eigenvalue weighted by molar-refractivity contribution is 0.276. The van der Waals surface area contributed by atoms with Crippen molar-refractivity contribution in [1.82, 2.24) is 4.98 Å². The molecule has 0 bridgehead atoms. The molecule has 0 saturated heterocycles. The normalized spacial score (nSPS) is 11.6. The second-order valence-electron chi connectivity index (χ2n) is 4.48. The third-order valence-electron chi connectivity index (χ3n) is 3.02. The van der Waals surface area contributed by atoms with Gasteiger partial charge >= 0.3 is 0 Å². The van der Waals surface area contributed by atoms with Gasteiger partial charge in [0.2, 0.25) is 0 Å². The number of aliphatic hydroxyl groups is 1. The van der Waals surface area contributed by atoms with E-state index in [4.69, 9.17) is 4.42 Å². The van der Waals surface area contributed by atoms with Gasteiger partial charge in [0.15, 0.2) is 0 Å². The van der Waals surface area contributed by atoms with E-state index < -0.39 is 16.6 Å². The molecule has 0 amide bonds. The maximum absolute atomic E-state index is 12.5.